The van der Waals surface area contributed by atoms with Crippen LogP contribution in [0.4, 0.5) is 13.2 Å². The summed E-state index contributed by atoms with van der Waals surface area (Å²) in [7, 11) is 0. The van der Waals surface area contributed by atoms with Crippen molar-refractivity contribution in [3.05, 3.63) is 58.4 Å². The van der Waals surface area contributed by atoms with E-state index >= 15 is 0 Å². The molecule has 0 N–H and O–H groups in total. The number of rotatable bonds is 3. The van der Waals surface area contributed by atoms with Gasteiger partial charge in [-0.05, 0) is 25.0 Å². The molecule has 0 amide bonds. The molecule has 1 fully saturated rings. The smallest absolute Gasteiger partial charge is 0.166 e. The Balaban J connectivity index is 1.49. The molecule has 0 bridgehead atoms. The van der Waals surface area contributed by atoms with Crippen LogP contribution in [0.1, 0.15) is 60.7 Å². The Labute approximate surface area is 151 Å². The molecule has 1 aliphatic heterocycles. The summed E-state index contributed by atoms with van der Waals surface area (Å²) in [6, 6.07) is 1.80. The van der Waals surface area contributed by atoms with E-state index in [1.54, 1.807) is 0 Å². The third-order valence-corrected chi connectivity index (χ3v) is 5.52. The van der Waals surface area contributed by atoms with Crippen LogP contribution in [-0.2, 0) is 19.5 Å². The van der Waals surface area contributed by atoms with Crippen LogP contribution in [0.3, 0.4) is 0 Å². The molecular formula is C20H22F3N3. The van der Waals surface area contributed by atoms with Gasteiger partial charge >= 0.3 is 0 Å². The van der Waals surface area contributed by atoms with Crippen LogP contribution in [0.25, 0.3) is 0 Å². The molecule has 3 nitrogen and oxygen atoms in total. The molecule has 26 heavy (non-hydrogen) atoms. The Morgan fingerprint density at radius 1 is 1.04 bits per heavy atom. The van der Waals surface area contributed by atoms with E-state index in [1.807, 2.05) is 11.1 Å². The predicted molar refractivity (Wildman–Crippen MR) is 92.0 cm³/mol. The topological polar surface area (TPSA) is 29.0 Å². The highest BCUT2D eigenvalue weighted by Crippen LogP contribution is 2.31. The molecule has 0 unspecified atom stereocenters. The molecule has 0 atom stereocenters. The van der Waals surface area contributed by atoms with Gasteiger partial charge in [-0.15, -0.1) is 0 Å². The monoisotopic (exact) mass is 361 g/mol. The van der Waals surface area contributed by atoms with Gasteiger partial charge in [-0.25, -0.2) is 23.1 Å². The van der Waals surface area contributed by atoms with Gasteiger partial charge in [-0.1, -0.05) is 19.3 Å². The van der Waals surface area contributed by atoms with E-state index < -0.39 is 17.5 Å². The van der Waals surface area contributed by atoms with Gasteiger partial charge in [0.2, 0.25) is 0 Å². The fraction of sp³-hybridized carbons (Fsp3) is 0.500. The highest BCUT2D eigenvalue weighted by atomic mass is 19.2. The second-order valence-corrected chi connectivity index (χ2v) is 7.32. The molecule has 1 aromatic heterocycles. The summed E-state index contributed by atoms with van der Waals surface area (Å²) >= 11 is 0. The van der Waals surface area contributed by atoms with Crippen LogP contribution >= 0.6 is 0 Å². The Morgan fingerprint density at radius 2 is 1.81 bits per heavy atom. The first kappa shape index (κ1) is 17.5. The van der Waals surface area contributed by atoms with Gasteiger partial charge in [0.25, 0.3) is 0 Å². The maximum Gasteiger partial charge on any atom is 0.166 e. The van der Waals surface area contributed by atoms with Crippen molar-refractivity contribution in [2.45, 2.75) is 57.5 Å². The zero-order valence-electron chi connectivity index (χ0n) is 14.6. The molecule has 1 aromatic carbocycles. The van der Waals surface area contributed by atoms with Crippen molar-refractivity contribution in [2.24, 2.45) is 0 Å². The van der Waals surface area contributed by atoms with Gasteiger partial charge in [0, 0.05) is 55.0 Å². The first-order valence-electron chi connectivity index (χ1n) is 9.31. The standard InChI is InChI=1S/C20H22F3N3/c21-16-6-7-17(22)19(23)15(16)12-26-9-8-18-14(11-26)10-24-20(25-18)13-4-2-1-3-5-13/h6-7,10,13H,1-5,8-9,11-12H2. The summed E-state index contributed by atoms with van der Waals surface area (Å²) in [5, 5.41) is 0. The summed E-state index contributed by atoms with van der Waals surface area (Å²) in [5.41, 5.74) is 1.82. The fourth-order valence-corrected chi connectivity index (χ4v) is 4.02. The van der Waals surface area contributed by atoms with Crippen molar-refractivity contribution < 1.29 is 13.2 Å². The van der Waals surface area contributed by atoms with Crippen LogP contribution in [0, 0.1) is 17.5 Å². The average molecular weight is 361 g/mol. The van der Waals surface area contributed by atoms with E-state index in [0.29, 0.717) is 19.0 Å². The normalized spacial score (nSPS) is 18.7. The molecule has 138 valence electrons. The molecule has 2 aliphatic rings. The Morgan fingerprint density at radius 3 is 2.62 bits per heavy atom. The van der Waals surface area contributed by atoms with Gasteiger partial charge < -0.3 is 0 Å². The molecule has 2 heterocycles. The number of halogens is 3. The quantitative estimate of drug-likeness (QED) is 0.754. The lowest BCUT2D eigenvalue weighted by Crippen LogP contribution is -2.32. The van der Waals surface area contributed by atoms with Crippen molar-refractivity contribution in [3.8, 4) is 0 Å². The number of fused-ring (bicyclic) bond motifs is 1. The highest BCUT2D eigenvalue weighted by molar-refractivity contribution is 5.24. The lowest BCUT2D eigenvalue weighted by atomic mass is 9.88. The molecule has 6 heteroatoms. The maximum atomic E-state index is 13.9. The summed E-state index contributed by atoms with van der Waals surface area (Å²) in [4.78, 5) is 11.3. The van der Waals surface area contributed by atoms with E-state index in [2.05, 4.69) is 4.98 Å². The van der Waals surface area contributed by atoms with Crippen molar-refractivity contribution in [1.82, 2.24) is 14.9 Å². The number of hydrogen-bond donors (Lipinski definition) is 0. The van der Waals surface area contributed by atoms with Crippen molar-refractivity contribution >= 4 is 0 Å². The van der Waals surface area contributed by atoms with Crippen LogP contribution < -0.4 is 0 Å². The maximum absolute atomic E-state index is 13.9. The predicted octanol–water partition coefficient (Wildman–Crippen LogP) is 4.50. The second-order valence-electron chi connectivity index (χ2n) is 7.32. The van der Waals surface area contributed by atoms with Gasteiger partial charge in [-0.2, -0.15) is 0 Å². The zero-order valence-corrected chi connectivity index (χ0v) is 14.6. The highest BCUT2D eigenvalue weighted by Gasteiger charge is 2.24. The molecular weight excluding hydrogens is 339 g/mol. The van der Waals surface area contributed by atoms with E-state index in [4.69, 9.17) is 4.98 Å². The summed E-state index contributed by atoms with van der Waals surface area (Å²) in [5.74, 6) is -1.42. The third-order valence-electron chi connectivity index (χ3n) is 5.52. The first-order valence-corrected chi connectivity index (χ1v) is 9.31. The Kier molecular flexibility index (Phi) is 4.94. The number of aromatic nitrogens is 2. The largest absolute Gasteiger partial charge is 0.294 e. The molecule has 0 spiro atoms. The summed E-state index contributed by atoms with van der Waals surface area (Å²) in [6.45, 7) is 1.21. The number of nitrogens with zero attached hydrogens (tertiary/aromatic N) is 3. The number of benzene rings is 1. The van der Waals surface area contributed by atoms with Crippen LogP contribution in [0.5, 0.6) is 0 Å². The van der Waals surface area contributed by atoms with Gasteiger partial charge in [0.15, 0.2) is 11.6 Å². The molecule has 1 aliphatic carbocycles. The third kappa shape index (κ3) is 3.47. The van der Waals surface area contributed by atoms with Gasteiger partial charge in [0.1, 0.15) is 11.6 Å². The van der Waals surface area contributed by atoms with E-state index in [1.165, 1.54) is 19.3 Å². The lowest BCUT2D eigenvalue weighted by Gasteiger charge is -2.29. The minimum Gasteiger partial charge on any atom is -0.294 e. The van der Waals surface area contributed by atoms with E-state index in [-0.39, 0.29) is 12.1 Å². The van der Waals surface area contributed by atoms with Crippen molar-refractivity contribution in [1.29, 1.82) is 0 Å². The molecule has 4 rings (SSSR count). The van der Waals surface area contributed by atoms with E-state index in [0.717, 1.165) is 48.5 Å². The fourth-order valence-electron chi connectivity index (χ4n) is 4.02. The Bertz CT molecular complexity index is 803. The lowest BCUT2D eigenvalue weighted by molar-refractivity contribution is 0.234. The minimum absolute atomic E-state index is 0.0409. The first-order chi connectivity index (χ1) is 12.6. The molecule has 1 saturated carbocycles. The summed E-state index contributed by atoms with van der Waals surface area (Å²) in [6.07, 6.45) is 8.66. The van der Waals surface area contributed by atoms with Crippen LogP contribution in [0.15, 0.2) is 18.3 Å². The Hall–Kier alpha value is -1.95. The number of hydrogen-bond acceptors (Lipinski definition) is 3. The zero-order chi connectivity index (χ0) is 18.1. The van der Waals surface area contributed by atoms with Crippen molar-refractivity contribution in [3.63, 3.8) is 0 Å². The average Bonchev–Trinajstić information content (AvgIpc) is 2.68. The molecule has 0 saturated heterocycles. The van der Waals surface area contributed by atoms with Gasteiger partial charge in [-0.3, -0.25) is 4.90 Å². The molecule has 0 radical (unpaired) electrons. The van der Waals surface area contributed by atoms with Crippen LogP contribution in [0.2, 0.25) is 0 Å². The SMILES string of the molecule is Fc1ccc(F)c(CN2CCc3nc(C4CCCCC4)ncc3C2)c1F. The van der Waals surface area contributed by atoms with E-state index in [9.17, 15) is 13.2 Å². The van der Waals surface area contributed by atoms with Crippen LogP contribution in [-0.4, -0.2) is 21.4 Å². The molecule has 2 aromatic rings. The van der Waals surface area contributed by atoms with Crippen molar-refractivity contribution in [2.75, 3.05) is 6.54 Å². The summed E-state index contributed by atoms with van der Waals surface area (Å²) < 4.78 is 41.2. The van der Waals surface area contributed by atoms with Gasteiger partial charge in [0.05, 0.1) is 0 Å². The second kappa shape index (κ2) is 7.35. The minimum atomic E-state index is -1.10.